The number of carbonyl (C=O) groups is 3. The molecule has 0 saturated heterocycles. The summed E-state index contributed by atoms with van der Waals surface area (Å²) >= 11 is 0. The zero-order chi connectivity index (χ0) is 23.5. The lowest BCUT2D eigenvalue weighted by molar-refractivity contribution is -0.125. The zero-order valence-corrected chi connectivity index (χ0v) is 18.3. The predicted octanol–water partition coefficient (Wildman–Crippen LogP) is 3.33. The number of aromatic nitrogens is 1. The Hall–Kier alpha value is -4.14. The summed E-state index contributed by atoms with van der Waals surface area (Å²) in [5, 5.41) is 14.7. The molecule has 0 spiro atoms. The van der Waals surface area contributed by atoms with Crippen LogP contribution in [0, 0.1) is 6.92 Å². The van der Waals surface area contributed by atoms with Gasteiger partial charge >= 0.3 is 6.09 Å². The van der Waals surface area contributed by atoms with Crippen molar-refractivity contribution < 1.29 is 23.9 Å². The van der Waals surface area contributed by atoms with Crippen LogP contribution in [0.25, 0.3) is 17.0 Å². The SMILES string of the molecule is Cc1oc2ccccc2c1CN(C)C(=O)C=Cc1cnc2c(c1)CCC(NC(=O)O)C(=O)N2. The van der Waals surface area contributed by atoms with E-state index in [4.69, 9.17) is 9.52 Å². The number of hydrogen-bond donors (Lipinski definition) is 3. The number of nitrogens with one attached hydrogen (secondary N) is 2. The van der Waals surface area contributed by atoms with E-state index in [0.29, 0.717) is 30.8 Å². The molecule has 1 aliphatic rings. The first-order valence-corrected chi connectivity index (χ1v) is 10.5. The van der Waals surface area contributed by atoms with Crippen molar-refractivity contribution in [3.63, 3.8) is 0 Å². The molecule has 2 aromatic heterocycles. The zero-order valence-electron chi connectivity index (χ0n) is 18.3. The number of rotatable bonds is 5. The van der Waals surface area contributed by atoms with Gasteiger partial charge in [-0.1, -0.05) is 18.2 Å². The van der Waals surface area contributed by atoms with Gasteiger partial charge < -0.3 is 25.1 Å². The van der Waals surface area contributed by atoms with E-state index in [1.54, 1.807) is 24.2 Å². The molecule has 3 heterocycles. The highest BCUT2D eigenvalue weighted by atomic mass is 16.4. The molecule has 9 nitrogen and oxygen atoms in total. The Balaban J connectivity index is 1.44. The third-order valence-electron chi connectivity index (χ3n) is 5.64. The molecule has 1 aromatic carbocycles. The topological polar surface area (TPSA) is 125 Å². The van der Waals surface area contributed by atoms with E-state index in [9.17, 15) is 14.4 Å². The van der Waals surface area contributed by atoms with Crippen molar-refractivity contribution in [1.29, 1.82) is 0 Å². The number of furan rings is 1. The molecule has 0 bridgehead atoms. The van der Waals surface area contributed by atoms with Gasteiger partial charge in [0, 0.05) is 36.8 Å². The number of amides is 3. The molecule has 33 heavy (non-hydrogen) atoms. The van der Waals surface area contributed by atoms with Gasteiger partial charge in [0.25, 0.3) is 0 Å². The summed E-state index contributed by atoms with van der Waals surface area (Å²) in [5.41, 5.74) is 3.26. The maximum absolute atomic E-state index is 12.7. The summed E-state index contributed by atoms with van der Waals surface area (Å²) in [6.07, 6.45) is 4.24. The van der Waals surface area contributed by atoms with Crippen LogP contribution in [-0.2, 0) is 22.6 Å². The van der Waals surface area contributed by atoms with Crippen LogP contribution < -0.4 is 10.6 Å². The molecular formula is C24H24N4O5. The lowest BCUT2D eigenvalue weighted by atomic mass is 10.1. The standard InChI is InChI=1S/C24H24N4O5/c1-14-18(17-5-3-4-6-20(17)33-14)13-28(2)21(29)10-7-15-11-16-8-9-19(26-24(31)32)23(30)27-22(16)25-12-15/h3-7,10-12,19,26H,8-9,13H2,1-2H3,(H,31,32)(H,25,27,30). The number of fused-ring (bicyclic) bond motifs is 2. The van der Waals surface area contributed by atoms with E-state index >= 15 is 0 Å². The van der Waals surface area contributed by atoms with Crippen molar-refractivity contribution in [2.45, 2.75) is 32.4 Å². The van der Waals surface area contributed by atoms with Crippen molar-refractivity contribution in [3.8, 4) is 0 Å². The molecule has 0 saturated carbocycles. The fourth-order valence-electron chi connectivity index (χ4n) is 3.87. The fraction of sp³-hybridized carbons (Fsp3) is 0.250. The monoisotopic (exact) mass is 448 g/mol. The van der Waals surface area contributed by atoms with Gasteiger partial charge in [-0.15, -0.1) is 0 Å². The van der Waals surface area contributed by atoms with Gasteiger partial charge in [-0.25, -0.2) is 9.78 Å². The Morgan fingerprint density at radius 3 is 2.94 bits per heavy atom. The van der Waals surface area contributed by atoms with Gasteiger partial charge in [-0.3, -0.25) is 9.59 Å². The summed E-state index contributed by atoms with van der Waals surface area (Å²) in [7, 11) is 1.73. The van der Waals surface area contributed by atoms with Crippen LogP contribution in [0.2, 0.25) is 0 Å². The van der Waals surface area contributed by atoms with Crippen molar-refractivity contribution in [1.82, 2.24) is 15.2 Å². The molecule has 0 aliphatic carbocycles. The summed E-state index contributed by atoms with van der Waals surface area (Å²) in [6, 6.07) is 8.73. The van der Waals surface area contributed by atoms with Gasteiger partial charge in [0.15, 0.2) is 0 Å². The number of nitrogens with zero attached hydrogens (tertiary/aromatic N) is 2. The van der Waals surface area contributed by atoms with E-state index in [-0.39, 0.29) is 5.91 Å². The first-order valence-electron chi connectivity index (χ1n) is 10.5. The predicted molar refractivity (Wildman–Crippen MR) is 123 cm³/mol. The second kappa shape index (κ2) is 9.15. The van der Waals surface area contributed by atoms with Crippen molar-refractivity contribution in [2.24, 2.45) is 0 Å². The molecule has 9 heteroatoms. The third-order valence-corrected chi connectivity index (χ3v) is 5.64. The Labute approximate surface area is 190 Å². The number of pyridine rings is 1. The highest BCUT2D eigenvalue weighted by Crippen LogP contribution is 2.26. The fourth-order valence-corrected chi connectivity index (χ4v) is 3.87. The largest absolute Gasteiger partial charge is 0.465 e. The minimum atomic E-state index is -1.25. The first kappa shape index (κ1) is 22.1. The van der Waals surface area contributed by atoms with Gasteiger partial charge in [-0.2, -0.15) is 0 Å². The van der Waals surface area contributed by atoms with E-state index in [1.807, 2.05) is 37.3 Å². The highest BCUT2D eigenvalue weighted by Gasteiger charge is 2.25. The number of para-hydroxylation sites is 1. The molecule has 1 unspecified atom stereocenters. The second-order valence-electron chi connectivity index (χ2n) is 7.97. The highest BCUT2D eigenvalue weighted by molar-refractivity contribution is 5.97. The smallest absolute Gasteiger partial charge is 0.405 e. The minimum absolute atomic E-state index is 0.173. The van der Waals surface area contributed by atoms with Crippen LogP contribution in [0.15, 0.2) is 47.0 Å². The van der Waals surface area contributed by atoms with Crippen molar-refractivity contribution in [3.05, 3.63) is 65.1 Å². The van der Waals surface area contributed by atoms with E-state index < -0.39 is 18.0 Å². The number of aryl methyl sites for hydroxylation is 2. The summed E-state index contributed by atoms with van der Waals surface area (Å²) < 4.78 is 5.78. The molecule has 170 valence electrons. The van der Waals surface area contributed by atoms with Crippen LogP contribution in [0.5, 0.6) is 0 Å². The molecule has 4 rings (SSSR count). The van der Waals surface area contributed by atoms with E-state index in [0.717, 1.165) is 27.9 Å². The van der Waals surface area contributed by atoms with Gasteiger partial charge in [0.2, 0.25) is 11.8 Å². The summed E-state index contributed by atoms with van der Waals surface area (Å²) in [4.78, 5) is 41.6. The van der Waals surface area contributed by atoms with Crippen molar-refractivity contribution in [2.75, 3.05) is 12.4 Å². The van der Waals surface area contributed by atoms with Crippen LogP contribution >= 0.6 is 0 Å². The quantitative estimate of drug-likeness (QED) is 0.514. The molecule has 0 radical (unpaired) electrons. The van der Waals surface area contributed by atoms with Gasteiger partial charge in [0.05, 0.1) is 0 Å². The Morgan fingerprint density at radius 1 is 1.36 bits per heavy atom. The number of carboxylic acid groups (broad SMARTS) is 1. The Bertz CT molecular complexity index is 1260. The lowest BCUT2D eigenvalue weighted by Crippen LogP contribution is -2.42. The lowest BCUT2D eigenvalue weighted by Gasteiger charge is -2.15. The Kier molecular flexibility index (Phi) is 6.12. The summed E-state index contributed by atoms with van der Waals surface area (Å²) in [6.45, 7) is 2.30. The van der Waals surface area contributed by atoms with Gasteiger partial charge in [0.1, 0.15) is 23.2 Å². The number of hydrogen-bond acceptors (Lipinski definition) is 5. The van der Waals surface area contributed by atoms with Crippen molar-refractivity contribution >= 4 is 40.8 Å². The van der Waals surface area contributed by atoms with Crippen LogP contribution in [0.4, 0.5) is 10.6 Å². The molecular weight excluding hydrogens is 424 g/mol. The summed E-state index contributed by atoms with van der Waals surface area (Å²) in [5.74, 6) is 0.574. The molecule has 0 fully saturated rings. The third kappa shape index (κ3) is 4.87. The average molecular weight is 448 g/mol. The molecule has 3 N–H and O–H groups in total. The normalized spacial score (nSPS) is 15.7. The maximum Gasteiger partial charge on any atom is 0.405 e. The minimum Gasteiger partial charge on any atom is -0.465 e. The van der Waals surface area contributed by atoms with Crippen LogP contribution in [-0.4, -0.2) is 46.0 Å². The molecule has 3 amide bonds. The maximum atomic E-state index is 12.7. The number of anilines is 1. The average Bonchev–Trinajstić information content (AvgIpc) is 3.01. The van der Waals surface area contributed by atoms with E-state index in [1.165, 1.54) is 6.08 Å². The number of likely N-dealkylation sites (N-methyl/N-ethyl adjacent to an activating group) is 1. The van der Waals surface area contributed by atoms with Gasteiger partial charge in [-0.05, 0) is 49.1 Å². The van der Waals surface area contributed by atoms with Crippen LogP contribution in [0.1, 0.15) is 28.9 Å². The second-order valence-corrected chi connectivity index (χ2v) is 7.97. The number of benzene rings is 1. The Morgan fingerprint density at radius 2 is 2.15 bits per heavy atom. The van der Waals surface area contributed by atoms with Crippen LogP contribution in [0.3, 0.4) is 0 Å². The molecule has 3 aromatic rings. The molecule has 1 atom stereocenters. The van der Waals surface area contributed by atoms with E-state index in [2.05, 4.69) is 15.6 Å². The number of carbonyl (C=O) groups excluding carboxylic acids is 2. The first-order chi connectivity index (χ1) is 15.8. The molecule has 1 aliphatic heterocycles.